The third kappa shape index (κ3) is 3.56. The van der Waals surface area contributed by atoms with Crippen molar-refractivity contribution < 1.29 is 9.90 Å². The van der Waals surface area contributed by atoms with E-state index in [0.29, 0.717) is 4.91 Å². The zero-order chi connectivity index (χ0) is 7.98. The summed E-state index contributed by atoms with van der Waals surface area (Å²) in [5, 5.41) is 8.51. The Morgan fingerprint density at radius 3 is 2.60 bits per heavy atom. The van der Waals surface area contributed by atoms with Gasteiger partial charge in [0.25, 0.3) is 0 Å². The topological polar surface area (TPSA) is 37.3 Å². The molecule has 0 saturated heterocycles. The van der Waals surface area contributed by atoms with Gasteiger partial charge in [-0.1, -0.05) is 13.0 Å². The van der Waals surface area contributed by atoms with E-state index >= 15 is 0 Å². The average Bonchev–Trinajstić information content (AvgIpc) is 1.89. The van der Waals surface area contributed by atoms with Crippen LogP contribution in [-0.4, -0.2) is 16.8 Å². The van der Waals surface area contributed by atoms with Crippen molar-refractivity contribution in [3.05, 3.63) is 11.0 Å². The van der Waals surface area contributed by atoms with Crippen molar-refractivity contribution in [2.75, 3.05) is 5.75 Å². The smallest absolute Gasteiger partial charge is 0.341 e. The van der Waals surface area contributed by atoms with Gasteiger partial charge in [-0.2, -0.15) is 0 Å². The van der Waals surface area contributed by atoms with Crippen LogP contribution in [0.4, 0.5) is 0 Å². The Hall–Kier alpha value is -0.440. The minimum atomic E-state index is -0.819. The fraction of sp³-hybridized carbons (Fsp3) is 0.571. The lowest BCUT2D eigenvalue weighted by Crippen LogP contribution is -1.96. The van der Waals surface area contributed by atoms with Crippen LogP contribution in [0.15, 0.2) is 11.0 Å². The molecule has 0 aliphatic rings. The van der Waals surface area contributed by atoms with Crippen LogP contribution in [0.5, 0.6) is 0 Å². The van der Waals surface area contributed by atoms with E-state index in [1.165, 1.54) is 11.8 Å². The summed E-state index contributed by atoms with van der Waals surface area (Å²) in [6.45, 7) is 3.77. The van der Waals surface area contributed by atoms with Crippen LogP contribution >= 0.6 is 11.8 Å². The lowest BCUT2D eigenvalue weighted by molar-refractivity contribution is -0.131. The summed E-state index contributed by atoms with van der Waals surface area (Å²) in [6.07, 6.45) is 2.64. The van der Waals surface area contributed by atoms with Gasteiger partial charge in [0.05, 0.1) is 4.91 Å². The van der Waals surface area contributed by atoms with Crippen LogP contribution in [0.1, 0.15) is 20.3 Å². The zero-order valence-electron chi connectivity index (χ0n) is 6.26. The largest absolute Gasteiger partial charge is 0.477 e. The fourth-order valence-corrected chi connectivity index (χ4v) is 1.19. The van der Waals surface area contributed by atoms with E-state index < -0.39 is 5.97 Å². The number of hydrogen-bond acceptors (Lipinski definition) is 2. The molecule has 0 aromatic carbocycles. The minimum absolute atomic E-state index is 0.446. The Balaban J connectivity index is 3.74. The van der Waals surface area contributed by atoms with Gasteiger partial charge in [0.15, 0.2) is 0 Å². The Bertz CT molecular complexity index is 141. The van der Waals surface area contributed by atoms with Crippen LogP contribution in [0, 0.1) is 0 Å². The molecule has 0 spiro atoms. The summed E-state index contributed by atoms with van der Waals surface area (Å²) in [7, 11) is 0. The Morgan fingerprint density at radius 1 is 1.70 bits per heavy atom. The molecule has 0 fully saturated rings. The summed E-state index contributed by atoms with van der Waals surface area (Å²) < 4.78 is 0. The molecule has 0 unspecified atom stereocenters. The molecule has 0 aliphatic heterocycles. The maximum Gasteiger partial charge on any atom is 0.341 e. The number of carboxylic acids is 1. The van der Waals surface area contributed by atoms with Gasteiger partial charge < -0.3 is 5.11 Å². The van der Waals surface area contributed by atoms with Crippen molar-refractivity contribution in [2.45, 2.75) is 20.3 Å². The van der Waals surface area contributed by atoms with Gasteiger partial charge in [0, 0.05) is 0 Å². The molecular weight excluding hydrogens is 148 g/mol. The monoisotopic (exact) mass is 160 g/mol. The van der Waals surface area contributed by atoms with E-state index in [0.717, 1.165) is 12.2 Å². The molecule has 10 heavy (non-hydrogen) atoms. The molecule has 1 N–H and O–H groups in total. The number of aliphatic carboxylic acids is 1. The van der Waals surface area contributed by atoms with E-state index in [9.17, 15) is 4.79 Å². The minimum Gasteiger partial charge on any atom is -0.477 e. The van der Waals surface area contributed by atoms with Gasteiger partial charge in [-0.3, -0.25) is 0 Å². The third-order valence-corrected chi connectivity index (χ3v) is 2.27. The fourth-order valence-electron chi connectivity index (χ4n) is 0.481. The van der Waals surface area contributed by atoms with Crippen LogP contribution < -0.4 is 0 Å². The van der Waals surface area contributed by atoms with Crippen molar-refractivity contribution in [1.29, 1.82) is 0 Å². The first-order chi connectivity index (χ1) is 4.72. The van der Waals surface area contributed by atoms with Gasteiger partial charge in [-0.25, -0.2) is 4.79 Å². The summed E-state index contributed by atoms with van der Waals surface area (Å²) in [5.74, 6) is 0.0624. The molecule has 0 radical (unpaired) electrons. The summed E-state index contributed by atoms with van der Waals surface area (Å²) in [6, 6.07) is 0. The molecule has 0 bridgehead atoms. The highest BCUT2D eigenvalue weighted by Crippen LogP contribution is 2.15. The average molecular weight is 160 g/mol. The van der Waals surface area contributed by atoms with Crippen LogP contribution in [0.25, 0.3) is 0 Å². The number of allylic oxidation sites excluding steroid dienone is 1. The molecule has 0 aromatic heterocycles. The first-order valence-electron chi connectivity index (χ1n) is 3.24. The molecule has 0 rings (SSSR count). The summed E-state index contributed by atoms with van der Waals surface area (Å²) >= 11 is 1.39. The lowest BCUT2D eigenvalue weighted by atomic mass is 10.5. The third-order valence-electron chi connectivity index (χ3n) is 0.935. The van der Waals surface area contributed by atoms with E-state index in [2.05, 4.69) is 0 Å². The second kappa shape index (κ2) is 5.35. The molecule has 0 aliphatic carbocycles. The van der Waals surface area contributed by atoms with Gasteiger partial charge >= 0.3 is 5.97 Å². The predicted octanol–water partition coefficient (Wildman–Crippen LogP) is 2.12. The maximum atomic E-state index is 10.3. The molecule has 0 atom stereocenters. The zero-order valence-corrected chi connectivity index (χ0v) is 7.07. The SMILES string of the molecule is CC=C(SCCC)C(=O)O. The standard InChI is InChI=1S/C7H12O2S/c1-3-5-10-6(4-2)7(8)9/h4H,3,5H2,1-2H3,(H,8,9). The lowest BCUT2D eigenvalue weighted by Gasteiger charge is -1.97. The van der Waals surface area contributed by atoms with Crippen molar-refractivity contribution in [2.24, 2.45) is 0 Å². The Kier molecular flexibility index (Phi) is 5.12. The van der Waals surface area contributed by atoms with Gasteiger partial charge in [0.1, 0.15) is 0 Å². The highest BCUT2D eigenvalue weighted by molar-refractivity contribution is 8.03. The van der Waals surface area contributed by atoms with Crippen LogP contribution in [0.3, 0.4) is 0 Å². The van der Waals surface area contributed by atoms with Crippen molar-refractivity contribution in [3.63, 3.8) is 0 Å². The Labute approximate surface area is 65.3 Å². The summed E-state index contributed by atoms with van der Waals surface area (Å²) in [5.41, 5.74) is 0. The van der Waals surface area contributed by atoms with Crippen LogP contribution in [0.2, 0.25) is 0 Å². The van der Waals surface area contributed by atoms with E-state index in [4.69, 9.17) is 5.11 Å². The molecule has 0 aromatic rings. The van der Waals surface area contributed by atoms with Gasteiger partial charge in [0.2, 0.25) is 0 Å². The number of rotatable bonds is 4. The molecule has 58 valence electrons. The molecule has 2 nitrogen and oxygen atoms in total. The Morgan fingerprint density at radius 2 is 2.30 bits per heavy atom. The van der Waals surface area contributed by atoms with E-state index in [-0.39, 0.29) is 0 Å². The van der Waals surface area contributed by atoms with Gasteiger partial charge in [-0.05, 0) is 19.1 Å². The molecule has 3 heteroatoms. The van der Waals surface area contributed by atoms with Crippen molar-refractivity contribution in [3.8, 4) is 0 Å². The predicted molar refractivity (Wildman–Crippen MR) is 44.1 cm³/mol. The highest BCUT2D eigenvalue weighted by Gasteiger charge is 2.03. The number of thioether (sulfide) groups is 1. The second-order valence-corrected chi connectivity index (χ2v) is 2.94. The normalized spacial score (nSPS) is 11.6. The summed E-state index contributed by atoms with van der Waals surface area (Å²) in [4.78, 5) is 10.8. The maximum absolute atomic E-state index is 10.3. The molecule has 0 saturated carbocycles. The van der Waals surface area contributed by atoms with Gasteiger partial charge in [-0.15, -0.1) is 11.8 Å². The quantitative estimate of drug-likeness (QED) is 0.640. The first-order valence-corrected chi connectivity index (χ1v) is 4.23. The first kappa shape index (κ1) is 9.56. The molecule has 0 amide bonds. The molecular formula is C7H12O2S. The second-order valence-electron chi connectivity index (χ2n) is 1.81. The molecule has 0 heterocycles. The highest BCUT2D eigenvalue weighted by atomic mass is 32.2. The number of hydrogen-bond donors (Lipinski definition) is 1. The van der Waals surface area contributed by atoms with Crippen molar-refractivity contribution >= 4 is 17.7 Å². The van der Waals surface area contributed by atoms with Crippen molar-refractivity contribution in [1.82, 2.24) is 0 Å². The number of carboxylic acid groups (broad SMARTS) is 1. The van der Waals surface area contributed by atoms with E-state index in [1.54, 1.807) is 13.0 Å². The number of carbonyl (C=O) groups is 1. The van der Waals surface area contributed by atoms with Crippen LogP contribution in [-0.2, 0) is 4.79 Å². The van der Waals surface area contributed by atoms with E-state index in [1.807, 2.05) is 6.92 Å².